The van der Waals surface area contributed by atoms with Gasteiger partial charge in [0.15, 0.2) is 0 Å². The highest BCUT2D eigenvalue weighted by Gasteiger charge is 2.15. The van der Waals surface area contributed by atoms with Crippen LogP contribution in [0.4, 0.5) is 0 Å². The molecule has 0 aromatic heterocycles. The molecule has 0 unspecified atom stereocenters. The molecule has 0 saturated heterocycles. The van der Waals surface area contributed by atoms with Crippen molar-refractivity contribution in [2.24, 2.45) is 0 Å². The van der Waals surface area contributed by atoms with E-state index >= 15 is 0 Å². The lowest BCUT2D eigenvalue weighted by Gasteiger charge is -2.19. The molecule has 1 atom stereocenters. The van der Waals surface area contributed by atoms with Crippen molar-refractivity contribution in [3.8, 4) is 5.75 Å². The van der Waals surface area contributed by atoms with Crippen LogP contribution in [0.25, 0.3) is 0 Å². The number of hydrogen-bond donors (Lipinski definition) is 1. The fourth-order valence-electron chi connectivity index (χ4n) is 2.60. The van der Waals surface area contributed by atoms with Crippen LogP contribution in [-0.2, 0) is 0 Å². The first-order valence-electron chi connectivity index (χ1n) is 7.12. The Morgan fingerprint density at radius 2 is 1.83 bits per heavy atom. The molecular weight excluding hydrogens is 224 g/mol. The quantitative estimate of drug-likeness (QED) is 0.814. The van der Waals surface area contributed by atoms with Gasteiger partial charge in [0.05, 0.1) is 12.2 Å². The van der Waals surface area contributed by atoms with Crippen molar-refractivity contribution in [1.29, 1.82) is 0 Å². The zero-order chi connectivity index (χ0) is 13.0. The van der Waals surface area contributed by atoms with Crippen LogP contribution in [0, 0.1) is 6.92 Å². The Morgan fingerprint density at radius 3 is 2.39 bits per heavy atom. The molecule has 0 spiro atoms. The minimum Gasteiger partial charge on any atom is -0.490 e. The standard InChI is InChI=1S/C16H24O2/c1-12-11-14(13(2)17)9-10-16(12)18-15-7-5-3-4-6-8-15/h9-11,13,15,17H,3-8H2,1-2H3/t13-/m1/s1. The van der Waals surface area contributed by atoms with E-state index in [-0.39, 0.29) is 0 Å². The first-order valence-corrected chi connectivity index (χ1v) is 7.12. The molecule has 0 bridgehead atoms. The summed E-state index contributed by atoms with van der Waals surface area (Å²) in [5.74, 6) is 0.978. The molecule has 18 heavy (non-hydrogen) atoms. The molecule has 0 radical (unpaired) electrons. The van der Waals surface area contributed by atoms with E-state index in [1.54, 1.807) is 6.92 Å². The lowest BCUT2D eigenvalue weighted by molar-refractivity contribution is 0.181. The van der Waals surface area contributed by atoms with Crippen molar-refractivity contribution in [1.82, 2.24) is 0 Å². The van der Waals surface area contributed by atoms with Gasteiger partial charge in [0.2, 0.25) is 0 Å². The van der Waals surface area contributed by atoms with E-state index in [1.807, 2.05) is 18.2 Å². The maximum absolute atomic E-state index is 9.56. The van der Waals surface area contributed by atoms with Gasteiger partial charge < -0.3 is 9.84 Å². The third-order valence-corrected chi connectivity index (χ3v) is 3.78. The Balaban J connectivity index is 2.04. The van der Waals surface area contributed by atoms with Gasteiger partial charge in [0.25, 0.3) is 0 Å². The monoisotopic (exact) mass is 248 g/mol. The Hall–Kier alpha value is -1.02. The minimum absolute atomic E-state index is 0.378. The lowest BCUT2D eigenvalue weighted by Crippen LogP contribution is -2.15. The highest BCUT2D eigenvalue weighted by atomic mass is 16.5. The van der Waals surface area contributed by atoms with Crippen molar-refractivity contribution in [3.05, 3.63) is 29.3 Å². The minimum atomic E-state index is -0.407. The second-order valence-corrected chi connectivity index (χ2v) is 5.43. The maximum atomic E-state index is 9.56. The number of aliphatic hydroxyl groups excluding tert-OH is 1. The molecule has 100 valence electrons. The summed E-state index contributed by atoms with van der Waals surface area (Å²) in [7, 11) is 0. The Bertz CT molecular complexity index is 377. The summed E-state index contributed by atoms with van der Waals surface area (Å²) in [6, 6.07) is 5.99. The highest BCUT2D eigenvalue weighted by molar-refractivity contribution is 5.37. The molecule has 2 rings (SSSR count). The Kier molecular flexibility index (Phi) is 4.65. The lowest BCUT2D eigenvalue weighted by atomic mass is 10.1. The molecule has 2 nitrogen and oxygen atoms in total. The first-order chi connectivity index (χ1) is 8.66. The second-order valence-electron chi connectivity index (χ2n) is 5.43. The molecule has 1 aliphatic rings. The average molecular weight is 248 g/mol. The smallest absolute Gasteiger partial charge is 0.122 e. The maximum Gasteiger partial charge on any atom is 0.122 e. The SMILES string of the molecule is Cc1cc([C@@H](C)O)ccc1OC1CCCCCC1. The predicted molar refractivity (Wildman–Crippen MR) is 73.9 cm³/mol. The van der Waals surface area contributed by atoms with Gasteiger partial charge in [-0.2, -0.15) is 0 Å². The van der Waals surface area contributed by atoms with Crippen LogP contribution in [0.15, 0.2) is 18.2 Å². The summed E-state index contributed by atoms with van der Waals surface area (Å²) < 4.78 is 6.12. The summed E-state index contributed by atoms with van der Waals surface area (Å²) in [6.45, 7) is 3.85. The zero-order valence-corrected chi connectivity index (χ0v) is 11.5. The number of rotatable bonds is 3. The van der Waals surface area contributed by atoms with Gasteiger partial charge >= 0.3 is 0 Å². The van der Waals surface area contributed by atoms with Crippen LogP contribution in [0.5, 0.6) is 5.75 Å². The fourth-order valence-corrected chi connectivity index (χ4v) is 2.60. The normalized spacial score (nSPS) is 19.3. The molecule has 1 N–H and O–H groups in total. The molecule has 0 aliphatic heterocycles. The van der Waals surface area contributed by atoms with E-state index in [0.29, 0.717) is 6.10 Å². The number of hydrogen-bond acceptors (Lipinski definition) is 2. The van der Waals surface area contributed by atoms with Gasteiger partial charge in [-0.3, -0.25) is 0 Å². The van der Waals surface area contributed by atoms with Crippen LogP contribution in [0.1, 0.15) is 62.7 Å². The van der Waals surface area contributed by atoms with E-state index in [9.17, 15) is 5.11 Å². The van der Waals surface area contributed by atoms with Crippen molar-refractivity contribution in [2.75, 3.05) is 0 Å². The van der Waals surface area contributed by atoms with Gasteiger partial charge in [0, 0.05) is 0 Å². The predicted octanol–water partition coefficient (Wildman–Crippen LogP) is 4.15. The molecule has 1 saturated carbocycles. The molecular formula is C16H24O2. The van der Waals surface area contributed by atoms with Crippen molar-refractivity contribution in [2.45, 2.75) is 64.6 Å². The van der Waals surface area contributed by atoms with Crippen LogP contribution in [-0.4, -0.2) is 11.2 Å². The molecule has 0 amide bonds. The van der Waals surface area contributed by atoms with E-state index in [2.05, 4.69) is 6.92 Å². The zero-order valence-electron chi connectivity index (χ0n) is 11.5. The molecule has 1 aliphatic carbocycles. The van der Waals surface area contributed by atoms with Crippen molar-refractivity contribution in [3.63, 3.8) is 0 Å². The molecule has 1 aromatic rings. The van der Waals surface area contributed by atoms with Gasteiger partial charge in [-0.1, -0.05) is 18.9 Å². The van der Waals surface area contributed by atoms with E-state index < -0.39 is 6.10 Å². The highest BCUT2D eigenvalue weighted by Crippen LogP contribution is 2.27. The third-order valence-electron chi connectivity index (χ3n) is 3.78. The van der Waals surface area contributed by atoms with E-state index in [4.69, 9.17) is 4.74 Å². The number of aliphatic hydroxyl groups is 1. The fraction of sp³-hybridized carbons (Fsp3) is 0.625. The van der Waals surface area contributed by atoms with E-state index in [1.165, 1.54) is 38.5 Å². The summed E-state index contributed by atoms with van der Waals surface area (Å²) in [5.41, 5.74) is 2.08. The molecule has 2 heteroatoms. The molecule has 1 fully saturated rings. The summed E-state index contributed by atoms with van der Waals surface area (Å²) >= 11 is 0. The largest absolute Gasteiger partial charge is 0.490 e. The Morgan fingerprint density at radius 1 is 1.17 bits per heavy atom. The third kappa shape index (κ3) is 3.49. The van der Waals surface area contributed by atoms with Gasteiger partial charge in [-0.05, 0) is 62.8 Å². The van der Waals surface area contributed by atoms with Crippen LogP contribution in [0.2, 0.25) is 0 Å². The van der Waals surface area contributed by atoms with Crippen molar-refractivity contribution >= 4 is 0 Å². The van der Waals surface area contributed by atoms with Crippen LogP contribution < -0.4 is 4.74 Å². The Labute approximate surface area is 110 Å². The molecule has 1 aromatic carbocycles. The summed E-state index contributed by atoms with van der Waals surface area (Å²) in [5, 5.41) is 9.56. The summed E-state index contributed by atoms with van der Waals surface area (Å²) in [6.07, 6.45) is 7.60. The van der Waals surface area contributed by atoms with E-state index in [0.717, 1.165) is 16.9 Å². The topological polar surface area (TPSA) is 29.5 Å². The van der Waals surface area contributed by atoms with Gasteiger partial charge in [-0.25, -0.2) is 0 Å². The molecule has 0 heterocycles. The number of ether oxygens (including phenoxy) is 1. The number of aryl methyl sites for hydroxylation is 1. The summed E-state index contributed by atoms with van der Waals surface area (Å²) in [4.78, 5) is 0. The average Bonchev–Trinajstić information content (AvgIpc) is 2.60. The van der Waals surface area contributed by atoms with Crippen LogP contribution >= 0.6 is 0 Å². The second kappa shape index (κ2) is 6.24. The van der Waals surface area contributed by atoms with Crippen molar-refractivity contribution < 1.29 is 9.84 Å². The van der Waals surface area contributed by atoms with Crippen LogP contribution in [0.3, 0.4) is 0 Å². The van der Waals surface area contributed by atoms with Gasteiger partial charge in [0.1, 0.15) is 5.75 Å². The van der Waals surface area contributed by atoms with Gasteiger partial charge in [-0.15, -0.1) is 0 Å². The first kappa shape index (κ1) is 13.4. The number of benzene rings is 1.